The van der Waals surface area contributed by atoms with Crippen molar-refractivity contribution < 1.29 is 0 Å². The van der Waals surface area contributed by atoms with E-state index < -0.39 is 0 Å². The molecule has 3 nitrogen and oxygen atoms in total. The Balaban J connectivity index is 0.000000164. The molecule has 0 saturated carbocycles. The van der Waals surface area contributed by atoms with Gasteiger partial charge in [0, 0.05) is 25.4 Å². The summed E-state index contributed by atoms with van der Waals surface area (Å²) in [6.45, 7) is 14.3. The molecule has 1 aromatic heterocycles. The molecule has 0 bridgehead atoms. The van der Waals surface area contributed by atoms with E-state index in [-0.39, 0.29) is 0 Å². The zero-order chi connectivity index (χ0) is 15.9. The van der Waals surface area contributed by atoms with Crippen molar-refractivity contribution >= 4 is 0 Å². The Labute approximate surface area is 137 Å². The van der Waals surface area contributed by atoms with E-state index in [9.17, 15) is 0 Å². The molecule has 1 unspecified atom stereocenters. The largest absolute Gasteiger partial charge is 0.335 e. The Morgan fingerprint density at radius 2 is 1.86 bits per heavy atom. The van der Waals surface area contributed by atoms with E-state index in [0.29, 0.717) is 0 Å². The SMILES string of the molecule is CC(C)C1CCn2ccnc2C1.CCC1CCN(CC)CC1. The normalized spacial score (nSPS) is 23.0. The molecule has 3 heterocycles. The van der Waals surface area contributed by atoms with E-state index in [2.05, 4.69) is 48.3 Å². The number of piperidine rings is 1. The van der Waals surface area contributed by atoms with E-state index in [0.717, 1.165) is 24.3 Å². The summed E-state index contributed by atoms with van der Waals surface area (Å²) < 4.78 is 2.28. The van der Waals surface area contributed by atoms with Crippen LogP contribution in [-0.4, -0.2) is 34.1 Å². The van der Waals surface area contributed by atoms with Crippen molar-refractivity contribution in [3.05, 3.63) is 18.2 Å². The fourth-order valence-electron chi connectivity index (χ4n) is 3.66. The molecule has 0 N–H and O–H groups in total. The first kappa shape index (κ1) is 17.5. The van der Waals surface area contributed by atoms with Crippen molar-refractivity contribution in [2.75, 3.05) is 19.6 Å². The second-order valence-electron chi connectivity index (χ2n) is 7.32. The summed E-state index contributed by atoms with van der Waals surface area (Å²) in [7, 11) is 0. The Morgan fingerprint density at radius 3 is 2.45 bits per heavy atom. The highest BCUT2D eigenvalue weighted by atomic mass is 15.1. The molecule has 22 heavy (non-hydrogen) atoms. The summed E-state index contributed by atoms with van der Waals surface area (Å²) in [6, 6.07) is 0. The average molecular weight is 306 g/mol. The molecule has 1 aromatic rings. The highest BCUT2D eigenvalue weighted by Gasteiger charge is 2.21. The predicted octanol–water partition coefficient (Wildman–Crippen LogP) is 4.23. The monoisotopic (exact) mass is 305 g/mol. The van der Waals surface area contributed by atoms with Gasteiger partial charge in [0.15, 0.2) is 0 Å². The van der Waals surface area contributed by atoms with Crippen LogP contribution in [0.2, 0.25) is 0 Å². The molecule has 126 valence electrons. The van der Waals surface area contributed by atoms with Crippen LogP contribution in [0.15, 0.2) is 12.4 Å². The lowest BCUT2D eigenvalue weighted by Gasteiger charge is -2.30. The van der Waals surface area contributed by atoms with Gasteiger partial charge in [0.2, 0.25) is 0 Å². The minimum absolute atomic E-state index is 0.801. The Morgan fingerprint density at radius 1 is 1.14 bits per heavy atom. The lowest BCUT2D eigenvalue weighted by atomic mass is 9.87. The van der Waals surface area contributed by atoms with Crippen molar-refractivity contribution in [3.8, 4) is 0 Å². The zero-order valence-electron chi connectivity index (χ0n) is 15.1. The van der Waals surface area contributed by atoms with Crippen LogP contribution in [0.5, 0.6) is 0 Å². The van der Waals surface area contributed by atoms with Gasteiger partial charge < -0.3 is 9.47 Å². The van der Waals surface area contributed by atoms with E-state index in [1.807, 2.05) is 6.20 Å². The van der Waals surface area contributed by atoms with Gasteiger partial charge in [-0.25, -0.2) is 4.98 Å². The predicted molar refractivity (Wildman–Crippen MR) is 94.0 cm³/mol. The third kappa shape index (κ3) is 4.84. The first-order chi connectivity index (χ1) is 10.6. The number of hydrogen-bond donors (Lipinski definition) is 0. The van der Waals surface area contributed by atoms with Crippen molar-refractivity contribution in [2.45, 2.75) is 66.3 Å². The van der Waals surface area contributed by atoms with Gasteiger partial charge in [0.05, 0.1) is 0 Å². The summed E-state index contributed by atoms with van der Waals surface area (Å²) in [4.78, 5) is 6.90. The maximum atomic E-state index is 4.35. The van der Waals surface area contributed by atoms with E-state index in [1.165, 1.54) is 57.6 Å². The van der Waals surface area contributed by atoms with Gasteiger partial charge in [-0.2, -0.15) is 0 Å². The molecule has 0 spiro atoms. The van der Waals surface area contributed by atoms with Crippen molar-refractivity contribution in [2.24, 2.45) is 17.8 Å². The van der Waals surface area contributed by atoms with Gasteiger partial charge in [0.25, 0.3) is 0 Å². The molecule has 0 radical (unpaired) electrons. The first-order valence-corrected chi connectivity index (χ1v) is 9.36. The van der Waals surface area contributed by atoms with Gasteiger partial charge >= 0.3 is 0 Å². The topological polar surface area (TPSA) is 21.1 Å². The molecule has 3 rings (SSSR count). The molecule has 0 amide bonds. The van der Waals surface area contributed by atoms with Gasteiger partial charge in [-0.05, 0) is 56.7 Å². The van der Waals surface area contributed by atoms with Crippen molar-refractivity contribution in [1.29, 1.82) is 0 Å². The third-order valence-electron chi connectivity index (χ3n) is 5.66. The fourth-order valence-corrected chi connectivity index (χ4v) is 3.66. The van der Waals surface area contributed by atoms with Gasteiger partial charge in [-0.1, -0.05) is 34.1 Å². The zero-order valence-corrected chi connectivity index (χ0v) is 15.1. The number of fused-ring (bicyclic) bond motifs is 1. The molecular formula is C19H35N3. The van der Waals surface area contributed by atoms with Crippen LogP contribution in [-0.2, 0) is 13.0 Å². The smallest absolute Gasteiger partial charge is 0.108 e. The third-order valence-corrected chi connectivity index (χ3v) is 5.66. The summed E-state index contributed by atoms with van der Waals surface area (Å²) in [5, 5.41) is 0. The molecule has 2 aliphatic heterocycles. The van der Waals surface area contributed by atoms with Gasteiger partial charge in [0.1, 0.15) is 5.82 Å². The highest BCUT2D eigenvalue weighted by Crippen LogP contribution is 2.25. The second-order valence-corrected chi connectivity index (χ2v) is 7.32. The summed E-state index contributed by atoms with van der Waals surface area (Å²) in [5.74, 6) is 3.96. The Bertz CT molecular complexity index is 404. The van der Waals surface area contributed by atoms with E-state index >= 15 is 0 Å². The van der Waals surface area contributed by atoms with Crippen LogP contribution in [0, 0.1) is 17.8 Å². The number of likely N-dealkylation sites (tertiary alicyclic amines) is 1. The van der Waals surface area contributed by atoms with Crippen LogP contribution in [0.3, 0.4) is 0 Å². The van der Waals surface area contributed by atoms with Crippen LogP contribution in [0.25, 0.3) is 0 Å². The molecule has 3 heteroatoms. The van der Waals surface area contributed by atoms with Crippen molar-refractivity contribution in [1.82, 2.24) is 14.5 Å². The van der Waals surface area contributed by atoms with E-state index in [1.54, 1.807) is 0 Å². The van der Waals surface area contributed by atoms with Crippen LogP contribution >= 0.6 is 0 Å². The van der Waals surface area contributed by atoms with Gasteiger partial charge in [-0.15, -0.1) is 0 Å². The van der Waals surface area contributed by atoms with E-state index in [4.69, 9.17) is 0 Å². The minimum Gasteiger partial charge on any atom is -0.335 e. The lowest BCUT2D eigenvalue weighted by Crippen LogP contribution is -2.33. The van der Waals surface area contributed by atoms with Crippen LogP contribution < -0.4 is 0 Å². The molecule has 0 aromatic carbocycles. The van der Waals surface area contributed by atoms with Crippen LogP contribution in [0.1, 0.15) is 59.2 Å². The summed E-state index contributed by atoms with van der Waals surface area (Å²) in [5.41, 5.74) is 0. The first-order valence-electron chi connectivity index (χ1n) is 9.36. The average Bonchev–Trinajstić information content (AvgIpc) is 3.03. The number of imidazole rings is 1. The fraction of sp³-hybridized carbons (Fsp3) is 0.842. The second kappa shape index (κ2) is 8.71. The summed E-state index contributed by atoms with van der Waals surface area (Å²) in [6.07, 6.45) is 10.8. The standard InChI is InChI=1S/C10H16N2.C9H19N/c1-8(2)9-3-5-12-6-4-11-10(12)7-9;1-3-9-5-7-10(4-2)8-6-9/h4,6,8-9H,3,5,7H2,1-2H3;9H,3-8H2,1-2H3. The number of aryl methyl sites for hydroxylation is 1. The number of aromatic nitrogens is 2. The molecule has 1 saturated heterocycles. The van der Waals surface area contributed by atoms with Crippen LogP contribution in [0.4, 0.5) is 0 Å². The Hall–Kier alpha value is -0.830. The number of hydrogen-bond acceptors (Lipinski definition) is 2. The maximum Gasteiger partial charge on any atom is 0.108 e. The summed E-state index contributed by atoms with van der Waals surface area (Å²) >= 11 is 0. The maximum absolute atomic E-state index is 4.35. The van der Waals surface area contributed by atoms with Gasteiger partial charge in [-0.3, -0.25) is 0 Å². The molecule has 1 atom stereocenters. The molecule has 1 fully saturated rings. The molecule has 0 aliphatic carbocycles. The lowest BCUT2D eigenvalue weighted by molar-refractivity contribution is 0.190. The molecular weight excluding hydrogens is 270 g/mol. The minimum atomic E-state index is 0.801. The Kier molecular flexibility index (Phi) is 6.94. The quantitative estimate of drug-likeness (QED) is 0.833. The number of nitrogens with zero attached hydrogens (tertiary/aromatic N) is 3. The van der Waals surface area contributed by atoms with Crippen molar-refractivity contribution in [3.63, 3.8) is 0 Å². The highest BCUT2D eigenvalue weighted by molar-refractivity contribution is 4.97. The number of rotatable bonds is 3. The molecule has 2 aliphatic rings.